The summed E-state index contributed by atoms with van der Waals surface area (Å²) in [6.45, 7) is 4.50. The lowest BCUT2D eigenvalue weighted by atomic mass is 9.61. The molecule has 19 heavy (non-hydrogen) atoms. The van der Waals surface area contributed by atoms with Crippen LogP contribution in [0.5, 0.6) is 0 Å². The highest BCUT2D eigenvalue weighted by Gasteiger charge is 2.75. The van der Waals surface area contributed by atoms with E-state index < -0.39 is 16.5 Å². The van der Waals surface area contributed by atoms with Crippen molar-refractivity contribution in [1.29, 1.82) is 0 Å². The molecule has 0 aromatic heterocycles. The Morgan fingerprint density at radius 1 is 1.26 bits per heavy atom. The van der Waals surface area contributed by atoms with E-state index in [2.05, 4.69) is 5.32 Å². The number of Topliss-reactive ketones (excluding diaryl/α,β-unsaturated/α-hetero) is 1. The van der Waals surface area contributed by atoms with Crippen LogP contribution in [0.1, 0.15) is 39.5 Å². The lowest BCUT2D eigenvalue weighted by molar-refractivity contribution is -0.175. The molecule has 4 saturated heterocycles. The molecule has 3 atom stereocenters. The zero-order valence-electron chi connectivity index (χ0n) is 11.3. The minimum Gasteiger partial charge on any atom is -0.339 e. The van der Waals surface area contributed by atoms with Crippen molar-refractivity contribution in [3.05, 3.63) is 0 Å². The van der Waals surface area contributed by atoms with Gasteiger partial charge in [-0.25, -0.2) is 0 Å². The van der Waals surface area contributed by atoms with Gasteiger partial charge >= 0.3 is 0 Å². The summed E-state index contributed by atoms with van der Waals surface area (Å²) in [5, 5.41) is 2.94. The Bertz CT molecular complexity index is 541. The van der Waals surface area contributed by atoms with Crippen molar-refractivity contribution in [1.82, 2.24) is 10.2 Å². The third kappa shape index (κ3) is 0.965. The summed E-state index contributed by atoms with van der Waals surface area (Å²) < 4.78 is 0. The van der Waals surface area contributed by atoms with Gasteiger partial charge in [-0.3, -0.25) is 14.4 Å². The molecule has 2 bridgehead atoms. The molecule has 1 N–H and O–H groups in total. The first-order valence-corrected chi connectivity index (χ1v) is 7.03. The van der Waals surface area contributed by atoms with Gasteiger partial charge in [-0.2, -0.15) is 0 Å². The van der Waals surface area contributed by atoms with E-state index in [1.165, 1.54) is 0 Å². The van der Waals surface area contributed by atoms with E-state index in [1.807, 2.05) is 13.8 Å². The van der Waals surface area contributed by atoms with Gasteiger partial charge in [0.2, 0.25) is 11.8 Å². The molecule has 2 spiro atoms. The molecule has 0 radical (unpaired) electrons. The van der Waals surface area contributed by atoms with E-state index in [4.69, 9.17) is 0 Å². The summed E-state index contributed by atoms with van der Waals surface area (Å²) >= 11 is 0. The number of amides is 2. The average molecular weight is 262 g/mol. The molecule has 0 unspecified atom stereocenters. The first-order chi connectivity index (χ1) is 8.84. The van der Waals surface area contributed by atoms with Gasteiger partial charge in [-0.1, -0.05) is 13.8 Å². The third-order valence-electron chi connectivity index (χ3n) is 6.04. The predicted molar refractivity (Wildman–Crippen MR) is 66.1 cm³/mol. The van der Waals surface area contributed by atoms with Crippen LogP contribution in [-0.2, 0) is 14.4 Å². The number of fused-ring (bicyclic) bond motifs is 1. The molecule has 0 aromatic carbocycles. The van der Waals surface area contributed by atoms with Crippen LogP contribution < -0.4 is 5.32 Å². The molecule has 4 heterocycles. The maximum absolute atomic E-state index is 12.8. The maximum atomic E-state index is 12.8. The Hall–Kier alpha value is -1.39. The molecular formula is C14H18N2O3. The first-order valence-electron chi connectivity index (χ1n) is 7.03. The van der Waals surface area contributed by atoms with Crippen molar-refractivity contribution >= 4 is 17.6 Å². The molecule has 5 heteroatoms. The highest BCUT2D eigenvalue weighted by Crippen LogP contribution is 2.59. The molecule has 1 aliphatic carbocycles. The second-order valence-corrected chi connectivity index (χ2v) is 7.10. The van der Waals surface area contributed by atoms with Crippen molar-refractivity contribution in [2.45, 2.75) is 50.6 Å². The third-order valence-corrected chi connectivity index (χ3v) is 6.04. The summed E-state index contributed by atoms with van der Waals surface area (Å²) in [5.74, 6) is 0.00236. The van der Waals surface area contributed by atoms with Gasteiger partial charge in [0.25, 0.3) is 0 Å². The van der Waals surface area contributed by atoms with Crippen LogP contribution in [0.4, 0.5) is 0 Å². The van der Waals surface area contributed by atoms with E-state index in [1.54, 1.807) is 4.90 Å². The lowest BCUT2D eigenvalue weighted by Gasteiger charge is -2.58. The van der Waals surface area contributed by atoms with Crippen LogP contribution in [0.2, 0.25) is 0 Å². The largest absolute Gasteiger partial charge is 0.339 e. The van der Waals surface area contributed by atoms with Crippen LogP contribution in [0.25, 0.3) is 0 Å². The Labute approximate surface area is 111 Å². The lowest BCUT2D eigenvalue weighted by Crippen LogP contribution is -2.81. The molecule has 0 aromatic rings. The van der Waals surface area contributed by atoms with Gasteiger partial charge in [-0.15, -0.1) is 0 Å². The van der Waals surface area contributed by atoms with Crippen LogP contribution in [0, 0.1) is 11.3 Å². The Morgan fingerprint density at radius 3 is 2.74 bits per heavy atom. The number of hydrogen-bond acceptors (Lipinski definition) is 3. The number of ketones is 1. The summed E-state index contributed by atoms with van der Waals surface area (Å²) in [6, 6.07) is 0. The van der Waals surface area contributed by atoms with E-state index in [-0.39, 0.29) is 29.9 Å². The van der Waals surface area contributed by atoms with Crippen molar-refractivity contribution in [3.8, 4) is 0 Å². The van der Waals surface area contributed by atoms with Crippen LogP contribution in [-0.4, -0.2) is 40.1 Å². The number of rotatable bonds is 0. The average Bonchev–Trinajstić information content (AvgIpc) is 2.84. The Kier molecular flexibility index (Phi) is 1.72. The van der Waals surface area contributed by atoms with Gasteiger partial charge in [-0.05, 0) is 19.3 Å². The summed E-state index contributed by atoms with van der Waals surface area (Å²) in [7, 11) is 0. The molecule has 4 aliphatic heterocycles. The highest BCUT2D eigenvalue weighted by atomic mass is 16.2. The quantitative estimate of drug-likeness (QED) is 0.680. The number of piperazine rings is 1. The predicted octanol–water partition coefficient (Wildman–Crippen LogP) is 0.235. The minimum atomic E-state index is -0.941. The molecule has 5 rings (SSSR count). The molecule has 5 aliphatic rings. The van der Waals surface area contributed by atoms with E-state index >= 15 is 0 Å². The minimum absolute atomic E-state index is 0.0141. The SMILES string of the molecule is CC1(C)C(=O)C[C@@]23NC(=O)[C@]4(CCCN4C2=O)C[C@H]13. The monoisotopic (exact) mass is 262 g/mol. The van der Waals surface area contributed by atoms with Crippen LogP contribution >= 0.6 is 0 Å². The summed E-state index contributed by atoms with van der Waals surface area (Å²) in [4.78, 5) is 39.3. The van der Waals surface area contributed by atoms with Gasteiger partial charge in [0.15, 0.2) is 0 Å². The fraction of sp³-hybridized carbons (Fsp3) is 0.786. The van der Waals surface area contributed by atoms with Crippen molar-refractivity contribution < 1.29 is 14.4 Å². The van der Waals surface area contributed by atoms with E-state index in [9.17, 15) is 14.4 Å². The number of nitrogens with one attached hydrogen (secondary N) is 1. The molecule has 102 valence electrons. The van der Waals surface area contributed by atoms with Crippen LogP contribution in [0.15, 0.2) is 0 Å². The molecule has 5 fully saturated rings. The number of nitrogens with zero attached hydrogens (tertiary/aromatic N) is 1. The van der Waals surface area contributed by atoms with Gasteiger partial charge in [0.1, 0.15) is 16.9 Å². The maximum Gasteiger partial charge on any atom is 0.250 e. The van der Waals surface area contributed by atoms with Gasteiger partial charge in [0.05, 0.1) is 0 Å². The molecular weight excluding hydrogens is 244 g/mol. The van der Waals surface area contributed by atoms with Crippen LogP contribution in [0.3, 0.4) is 0 Å². The topological polar surface area (TPSA) is 66.5 Å². The second-order valence-electron chi connectivity index (χ2n) is 7.10. The van der Waals surface area contributed by atoms with Crippen molar-refractivity contribution in [2.24, 2.45) is 11.3 Å². The molecule has 1 saturated carbocycles. The first kappa shape index (κ1) is 11.4. The Balaban J connectivity index is 1.93. The standard InChI is InChI=1S/C14H18N2O3/c1-12(2)8-6-13-4-3-5-16(13)11(19)14(8,7-9(12)17)15-10(13)18/h8H,3-7H2,1-2H3,(H,15,18)/t8-,13+,14+/m1/s1. The van der Waals surface area contributed by atoms with E-state index in [0.717, 1.165) is 12.8 Å². The molecule has 2 amide bonds. The van der Waals surface area contributed by atoms with E-state index in [0.29, 0.717) is 13.0 Å². The molecule has 5 nitrogen and oxygen atoms in total. The number of carbonyl (C=O) groups is 3. The summed E-state index contributed by atoms with van der Waals surface area (Å²) in [6.07, 6.45) is 2.45. The number of carbonyl (C=O) groups excluding carboxylic acids is 3. The van der Waals surface area contributed by atoms with Crippen molar-refractivity contribution in [2.75, 3.05) is 6.54 Å². The van der Waals surface area contributed by atoms with Gasteiger partial charge < -0.3 is 10.2 Å². The normalized spacial score (nSPS) is 46.3. The number of piperidine rings is 2. The fourth-order valence-electron chi connectivity index (χ4n) is 4.87. The summed E-state index contributed by atoms with van der Waals surface area (Å²) in [5.41, 5.74) is -2.11. The zero-order valence-corrected chi connectivity index (χ0v) is 11.3. The Morgan fingerprint density at radius 2 is 2.00 bits per heavy atom. The second kappa shape index (κ2) is 2.86. The smallest absolute Gasteiger partial charge is 0.250 e. The van der Waals surface area contributed by atoms with Crippen molar-refractivity contribution in [3.63, 3.8) is 0 Å². The highest BCUT2D eigenvalue weighted by molar-refractivity contribution is 6.10. The fourth-order valence-corrected chi connectivity index (χ4v) is 4.87. The zero-order chi connectivity index (χ0) is 13.6. The van der Waals surface area contributed by atoms with Gasteiger partial charge in [0, 0.05) is 24.3 Å². The number of hydrogen-bond donors (Lipinski definition) is 1.